The second kappa shape index (κ2) is 6.24. The maximum Gasteiger partial charge on any atom is 0.265 e. The number of halogens is 1. The van der Waals surface area contributed by atoms with Crippen LogP contribution in [0, 0.1) is 5.92 Å². The zero-order valence-corrected chi connectivity index (χ0v) is 14.0. The first-order valence-corrected chi connectivity index (χ1v) is 7.88. The number of rotatable bonds is 4. The van der Waals surface area contributed by atoms with Crippen molar-refractivity contribution in [2.24, 2.45) is 5.92 Å². The average Bonchev–Trinajstić information content (AvgIpc) is 2.20. The summed E-state index contributed by atoms with van der Waals surface area (Å²) in [6, 6.07) is 0. The number of hydrogen-bond donors (Lipinski definition) is 1. The van der Waals surface area contributed by atoms with E-state index in [1.165, 1.54) is 0 Å². The molecule has 0 aliphatic carbocycles. The van der Waals surface area contributed by atoms with Crippen LogP contribution in [-0.2, 0) is 12.2 Å². The SMILES string of the molecule is CC(C)Cc1nc(CSC(C)(C)C)[nH]c(=O)c1Br. The highest BCUT2D eigenvalue weighted by atomic mass is 79.9. The zero-order chi connectivity index (χ0) is 13.9. The van der Waals surface area contributed by atoms with Crippen LogP contribution in [0.4, 0.5) is 0 Å². The van der Waals surface area contributed by atoms with Crippen LogP contribution in [0.15, 0.2) is 9.27 Å². The van der Waals surface area contributed by atoms with Gasteiger partial charge in [0.25, 0.3) is 5.56 Å². The van der Waals surface area contributed by atoms with Gasteiger partial charge in [-0.15, -0.1) is 11.8 Å². The average molecular weight is 333 g/mol. The molecule has 0 saturated heterocycles. The largest absolute Gasteiger partial charge is 0.309 e. The van der Waals surface area contributed by atoms with Crippen LogP contribution < -0.4 is 5.56 Å². The van der Waals surface area contributed by atoms with E-state index >= 15 is 0 Å². The van der Waals surface area contributed by atoms with Gasteiger partial charge in [0.2, 0.25) is 0 Å². The summed E-state index contributed by atoms with van der Waals surface area (Å²) in [5.41, 5.74) is 0.781. The van der Waals surface area contributed by atoms with E-state index in [1.807, 2.05) is 0 Å². The molecule has 1 rings (SSSR count). The van der Waals surface area contributed by atoms with Crippen molar-refractivity contribution >= 4 is 27.7 Å². The van der Waals surface area contributed by atoms with Gasteiger partial charge in [-0.25, -0.2) is 4.98 Å². The molecule has 0 bridgehead atoms. The van der Waals surface area contributed by atoms with E-state index in [2.05, 4.69) is 60.5 Å². The van der Waals surface area contributed by atoms with Crippen molar-refractivity contribution in [2.45, 2.75) is 51.5 Å². The van der Waals surface area contributed by atoms with Gasteiger partial charge in [0.1, 0.15) is 10.3 Å². The Balaban J connectivity index is 2.94. The lowest BCUT2D eigenvalue weighted by molar-refractivity contribution is 0.628. The van der Waals surface area contributed by atoms with Gasteiger partial charge in [-0.05, 0) is 28.3 Å². The quantitative estimate of drug-likeness (QED) is 0.912. The van der Waals surface area contributed by atoms with Crippen molar-refractivity contribution in [1.29, 1.82) is 0 Å². The van der Waals surface area contributed by atoms with Crippen LogP contribution >= 0.6 is 27.7 Å². The van der Waals surface area contributed by atoms with E-state index in [0.717, 1.165) is 23.7 Å². The Morgan fingerprint density at radius 3 is 2.50 bits per heavy atom. The molecule has 0 radical (unpaired) electrons. The van der Waals surface area contributed by atoms with Crippen molar-refractivity contribution < 1.29 is 0 Å². The summed E-state index contributed by atoms with van der Waals surface area (Å²) in [6.07, 6.45) is 0.817. The van der Waals surface area contributed by atoms with Crippen LogP contribution in [0.3, 0.4) is 0 Å². The summed E-state index contributed by atoms with van der Waals surface area (Å²) >= 11 is 5.10. The fourth-order valence-electron chi connectivity index (χ4n) is 1.43. The van der Waals surface area contributed by atoms with E-state index < -0.39 is 0 Å². The third kappa shape index (κ3) is 5.14. The first-order chi connectivity index (χ1) is 8.19. The summed E-state index contributed by atoms with van der Waals surface area (Å²) < 4.78 is 0.741. The standard InChI is InChI=1S/C13H21BrN2OS/c1-8(2)6-9-11(14)12(17)16-10(15-9)7-18-13(3,4)5/h8H,6-7H2,1-5H3,(H,15,16,17). The van der Waals surface area contributed by atoms with E-state index in [9.17, 15) is 4.79 Å². The highest BCUT2D eigenvalue weighted by Crippen LogP contribution is 2.26. The fraction of sp³-hybridized carbons (Fsp3) is 0.692. The Labute approximate surface area is 121 Å². The minimum Gasteiger partial charge on any atom is -0.309 e. The van der Waals surface area contributed by atoms with Gasteiger partial charge in [0, 0.05) is 4.75 Å². The van der Waals surface area contributed by atoms with E-state index in [1.54, 1.807) is 11.8 Å². The lowest BCUT2D eigenvalue weighted by Crippen LogP contribution is -2.17. The van der Waals surface area contributed by atoms with Crippen molar-refractivity contribution in [3.63, 3.8) is 0 Å². The van der Waals surface area contributed by atoms with Crippen LogP contribution in [-0.4, -0.2) is 14.7 Å². The van der Waals surface area contributed by atoms with Crippen LogP contribution in [0.1, 0.15) is 46.1 Å². The molecule has 0 aliphatic heterocycles. The summed E-state index contributed by atoms with van der Waals surface area (Å²) in [5, 5.41) is 0. The minimum atomic E-state index is -0.0786. The molecule has 0 amide bonds. The topological polar surface area (TPSA) is 45.8 Å². The molecular formula is C13H21BrN2OS. The van der Waals surface area contributed by atoms with Gasteiger partial charge < -0.3 is 4.98 Å². The maximum absolute atomic E-state index is 11.8. The number of aromatic nitrogens is 2. The second-order valence-corrected chi connectivity index (χ2v) is 8.37. The molecule has 0 fully saturated rings. The molecule has 1 heterocycles. The monoisotopic (exact) mass is 332 g/mol. The molecule has 0 atom stereocenters. The van der Waals surface area contributed by atoms with Gasteiger partial charge in [-0.2, -0.15) is 0 Å². The first-order valence-electron chi connectivity index (χ1n) is 6.10. The number of nitrogens with zero attached hydrogens (tertiary/aromatic N) is 1. The molecule has 1 N–H and O–H groups in total. The minimum absolute atomic E-state index is 0.0786. The van der Waals surface area contributed by atoms with Gasteiger partial charge >= 0.3 is 0 Å². The van der Waals surface area contributed by atoms with Crippen LogP contribution in [0.5, 0.6) is 0 Å². The number of thioether (sulfide) groups is 1. The van der Waals surface area contributed by atoms with Crippen molar-refractivity contribution in [1.82, 2.24) is 9.97 Å². The first kappa shape index (κ1) is 15.8. The van der Waals surface area contributed by atoms with Gasteiger partial charge in [0.05, 0.1) is 11.4 Å². The predicted octanol–water partition coefficient (Wildman–Crippen LogP) is 3.76. The summed E-state index contributed by atoms with van der Waals surface area (Å²) in [7, 11) is 0. The van der Waals surface area contributed by atoms with Crippen molar-refractivity contribution in [3.05, 3.63) is 26.3 Å². The lowest BCUT2D eigenvalue weighted by atomic mass is 10.1. The molecule has 18 heavy (non-hydrogen) atoms. The van der Waals surface area contributed by atoms with Crippen LogP contribution in [0.2, 0.25) is 0 Å². The lowest BCUT2D eigenvalue weighted by Gasteiger charge is -2.17. The number of aromatic amines is 1. The molecule has 1 aromatic rings. The highest BCUT2D eigenvalue weighted by Gasteiger charge is 2.14. The smallest absolute Gasteiger partial charge is 0.265 e. The van der Waals surface area contributed by atoms with Gasteiger partial charge in [0.15, 0.2) is 0 Å². The third-order valence-corrected chi connectivity index (χ3v) is 4.33. The Morgan fingerprint density at radius 2 is 2.00 bits per heavy atom. The summed E-state index contributed by atoms with van der Waals surface area (Å²) in [6.45, 7) is 10.7. The molecule has 5 heteroatoms. The molecule has 0 saturated carbocycles. The normalized spacial score (nSPS) is 12.2. The summed E-state index contributed by atoms with van der Waals surface area (Å²) in [4.78, 5) is 19.2. The summed E-state index contributed by atoms with van der Waals surface area (Å²) in [5.74, 6) is 1.98. The Kier molecular flexibility index (Phi) is 5.46. The number of hydrogen-bond acceptors (Lipinski definition) is 3. The highest BCUT2D eigenvalue weighted by molar-refractivity contribution is 9.10. The number of nitrogens with one attached hydrogen (secondary N) is 1. The molecule has 0 aliphatic rings. The van der Waals surface area contributed by atoms with Gasteiger partial charge in [-0.3, -0.25) is 4.79 Å². The molecule has 0 aromatic carbocycles. The molecule has 0 unspecified atom stereocenters. The van der Waals surface area contributed by atoms with E-state index in [-0.39, 0.29) is 10.3 Å². The molecule has 3 nitrogen and oxygen atoms in total. The van der Waals surface area contributed by atoms with Crippen LogP contribution in [0.25, 0.3) is 0 Å². The van der Waals surface area contributed by atoms with Crippen molar-refractivity contribution in [2.75, 3.05) is 0 Å². The Hall–Kier alpha value is -0.290. The number of H-pyrrole nitrogens is 1. The molecule has 102 valence electrons. The fourth-order valence-corrected chi connectivity index (χ4v) is 2.49. The Bertz CT molecular complexity index is 463. The third-order valence-electron chi connectivity index (χ3n) is 2.22. The Morgan fingerprint density at radius 1 is 1.39 bits per heavy atom. The molecule has 0 spiro atoms. The zero-order valence-electron chi connectivity index (χ0n) is 11.6. The van der Waals surface area contributed by atoms with E-state index in [4.69, 9.17) is 0 Å². The van der Waals surface area contributed by atoms with Gasteiger partial charge in [-0.1, -0.05) is 34.6 Å². The van der Waals surface area contributed by atoms with E-state index in [0.29, 0.717) is 10.4 Å². The predicted molar refractivity (Wildman–Crippen MR) is 82.1 cm³/mol. The maximum atomic E-state index is 11.8. The second-order valence-electron chi connectivity index (χ2n) is 5.77. The van der Waals surface area contributed by atoms with Crippen molar-refractivity contribution in [3.8, 4) is 0 Å². The molecular weight excluding hydrogens is 312 g/mol. The molecule has 1 aromatic heterocycles.